The zero-order valence-corrected chi connectivity index (χ0v) is 19.3. The molecule has 0 saturated carbocycles. The van der Waals surface area contributed by atoms with Crippen molar-refractivity contribution in [1.82, 2.24) is 5.32 Å². The molecular formula is C27H24N2O7. The lowest BCUT2D eigenvalue weighted by molar-refractivity contribution is -0.144. The fourth-order valence-corrected chi connectivity index (χ4v) is 3.53. The number of alkyl carbamates (subject to hydrolysis) is 1. The molecule has 0 bridgehead atoms. The molecule has 0 aromatic heterocycles. The number of esters is 1. The molecule has 3 aromatic rings. The topological polar surface area (TPSA) is 120 Å². The number of nitrogens with one attached hydrogen (secondary N) is 2. The third-order valence-corrected chi connectivity index (χ3v) is 5.35. The molecule has 1 aliphatic rings. The van der Waals surface area contributed by atoms with Crippen LogP contribution in [0.3, 0.4) is 0 Å². The summed E-state index contributed by atoms with van der Waals surface area (Å²) in [5, 5.41) is 5.16. The summed E-state index contributed by atoms with van der Waals surface area (Å²) in [6.07, 6.45) is -0.634. The summed E-state index contributed by atoms with van der Waals surface area (Å²) in [6.45, 7) is -0.600. The molecule has 2 amide bonds. The predicted octanol–water partition coefficient (Wildman–Crippen LogP) is 3.28. The minimum Gasteiger partial charge on any atom is -0.482 e. The van der Waals surface area contributed by atoms with Crippen LogP contribution in [0.1, 0.15) is 21.5 Å². The van der Waals surface area contributed by atoms with Crippen molar-refractivity contribution < 1.29 is 33.4 Å². The van der Waals surface area contributed by atoms with Crippen molar-refractivity contribution in [3.63, 3.8) is 0 Å². The molecule has 0 radical (unpaired) electrons. The highest BCUT2D eigenvalue weighted by atomic mass is 16.6. The van der Waals surface area contributed by atoms with Crippen LogP contribution in [0.25, 0.3) is 0 Å². The normalized spacial score (nSPS) is 12.8. The standard InChI is InChI=1S/C27H24N2O7/c30-23(20-11-12-24-21(14-20)28-25(31)17-34-24)16-35-26(32)22(13-18-7-3-1-4-8-18)29-27(33)36-15-19-9-5-2-6-10-19/h1-12,14,22H,13,15-17H2,(H,28,31)(H,29,33)/t22-/m0/s1. The number of hydrogen-bond acceptors (Lipinski definition) is 7. The van der Waals surface area contributed by atoms with E-state index in [2.05, 4.69) is 10.6 Å². The van der Waals surface area contributed by atoms with Gasteiger partial charge in [-0.3, -0.25) is 9.59 Å². The van der Waals surface area contributed by atoms with Crippen LogP contribution in [0, 0.1) is 0 Å². The fraction of sp³-hybridized carbons (Fsp3) is 0.185. The van der Waals surface area contributed by atoms with Gasteiger partial charge in [-0.05, 0) is 29.3 Å². The van der Waals surface area contributed by atoms with Gasteiger partial charge in [0.1, 0.15) is 18.4 Å². The number of hydrogen-bond donors (Lipinski definition) is 2. The molecule has 184 valence electrons. The van der Waals surface area contributed by atoms with Crippen molar-refractivity contribution in [3.8, 4) is 5.75 Å². The number of benzene rings is 3. The van der Waals surface area contributed by atoms with E-state index in [1.165, 1.54) is 12.1 Å². The van der Waals surface area contributed by atoms with E-state index < -0.39 is 30.5 Å². The van der Waals surface area contributed by atoms with Crippen LogP contribution < -0.4 is 15.4 Å². The van der Waals surface area contributed by atoms with E-state index in [1.807, 2.05) is 60.7 Å². The highest BCUT2D eigenvalue weighted by molar-refractivity contribution is 6.02. The highest BCUT2D eigenvalue weighted by Crippen LogP contribution is 2.28. The molecule has 1 aliphatic heterocycles. The number of Topliss-reactive ketones (excluding diaryl/α,β-unsaturated/α-hetero) is 1. The summed E-state index contributed by atoms with van der Waals surface area (Å²) in [6, 6.07) is 21.7. The molecule has 0 spiro atoms. The molecule has 0 aliphatic carbocycles. The molecule has 9 heteroatoms. The van der Waals surface area contributed by atoms with Crippen molar-refractivity contribution in [2.45, 2.75) is 19.1 Å². The number of anilines is 1. The Morgan fingerprint density at radius 1 is 0.917 bits per heavy atom. The second kappa shape index (κ2) is 11.7. The Hall–Kier alpha value is -4.66. The van der Waals surface area contributed by atoms with Crippen molar-refractivity contribution in [1.29, 1.82) is 0 Å². The van der Waals surface area contributed by atoms with E-state index in [-0.39, 0.29) is 31.1 Å². The first-order valence-electron chi connectivity index (χ1n) is 11.3. The van der Waals surface area contributed by atoms with Crippen LogP contribution in [-0.2, 0) is 32.1 Å². The SMILES string of the molecule is O=C1COc2ccc(C(=O)COC(=O)[C@H](Cc3ccccc3)NC(=O)OCc3ccccc3)cc2N1. The first kappa shape index (κ1) is 24.5. The lowest BCUT2D eigenvalue weighted by Crippen LogP contribution is -2.44. The first-order chi connectivity index (χ1) is 17.5. The second-order valence-corrected chi connectivity index (χ2v) is 8.03. The number of rotatable bonds is 9. The third kappa shape index (κ3) is 6.69. The van der Waals surface area contributed by atoms with Crippen LogP contribution in [-0.4, -0.2) is 43.0 Å². The van der Waals surface area contributed by atoms with Gasteiger partial charge in [0.2, 0.25) is 0 Å². The average molecular weight is 488 g/mol. The summed E-state index contributed by atoms with van der Waals surface area (Å²) in [5.41, 5.74) is 2.20. The monoisotopic (exact) mass is 488 g/mol. The summed E-state index contributed by atoms with van der Waals surface area (Å²) in [5.74, 6) is -1.13. The van der Waals surface area contributed by atoms with Crippen LogP contribution in [0.5, 0.6) is 5.75 Å². The number of fused-ring (bicyclic) bond motifs is 1. The summed E-state index contributed by atoms with van der Waals surface area (Å²) < 4.78 is 15.8. The van der Waals surface area contributed by atoms with Gasteiger partial charge in [-0.2, -0.15) is 0 Å². The third-order valence-electron chi connectivity index (χ3n) is 5.35. The Balaban J connectivity index is 1.37. The first-order valence-corrected chi connectivity index (χ1v) is 11.3. The van der Waals surface area contributed by atoms with Gasteiger partial charge >= 0.3 is 12.1 Å². The number of amides is 2. The van der Waals surface area contributed by atoms with Gasteiger partial charge in [0, 0.05) is 12.0 Å². The quantitative estimate of drug-likeness (QED) is 0.350. The fourth-order valence-electron chi connectivity index (χ4n) is 3.53. The van der Waals surface area contributed by atoms with E-state index in [1.54, 1.807) is 6.07 Å². The zero-order chi connectivity index (χ0) is 25.3. The average Bonchev–Trinajstić information content (AvgIpc) is 2.90. The lowest BCUT2D eigenvalue weighted by atomic mass is 10.1. The maximum absolute atomic E-state index is 12.8. The molecule has 4 rings (SSSR count). The van der Waals surface area contributed by atoms with Gasteiger partial charge in [0.25, 0.3) is 5.91 Å². The Bertz CT molecular complexity index is 1250. The van der Waals surface area contributed by atoms with Gasteiger partial charge in [0.05, 0.1) is 5.69 Å². The maximum Gasteiger partial charge on any atom is 0.408 e. The lowest BCUT2D eigenvalue weighted by Gasteiger charge is -2.19. The molecule has 1 atom stereocenters. The van der Waals surface area contributed by atoms with Crippen molar-refractivity contribution in [3.05, 3.63) is 95.6 Å². The molecule has 3 aromatic carbocycles. The molecule has 9 nitrogen and oxygen atoms in total. The minimum absolute atomic E-state index is 0.0385. The van der Waals surface area contributed by atoms with Crippen molar-refractivity contribution >= 4 is 29.4 Å². The highest BCUT2D eigenvalue weighted by Gasteiger charge is 2.25. The smallest absolute Gasteiger partial charge is 0.408 e. The number of carbonyl (C=O) groups is 4. The van der Waals surface area contributed by atoms with Gasteiger partial charge in [-0.25, -0.2) is 9.59 Å². The number of ketones is 1. The Morgan fingerprint density at radius 3 is 2.33 bits per heavy atom. The Morgan fingerprint density at radius 2 is 1.61 bits per heavy atom. The Labute approximate surface area is 207 Å². The molecule has 0 fully saturated rings. The summed E-state index contributed by atoms with van der Waals surface area (Å²) in [4.78, 5) is 49.4. The van der Waals surface area contributed by atoms with Gasteiger partial charge in [-0.15, -0.1) is 0 Å². The minimum atomic E-state index is -1.07. The van der Waals surface area contributed by atoms with Crippen molar-refractivity contribution in [2.24, 2.45) is 0 Å². The van der Waals surface area contributed by atoms with Gasteiger partial charge in [-0.1, -0.05) is 60.7 Å². The zero-order valence-electron chi connectivity index (χ0n) is 19.3. The van der Waals surface area contributed by atoms with Gasteiger partial charge in [0.15, 0.2) is 19.0 Å². The van der Waals surface area contributed by atoms with Crippen LogP contribution in [0.4, 0.5) is 10.5 Å². The predicted molar refractivity (Wildman–Crippen MR) is 130 cm³/mol. The largest absolute Gasteiger partial charge is 0.482 e. The Kier molecular flexibility index (Phi) is 7.92. The van der Waals surface area contributed by atoms with Crippen LogP contribution >= 0.6 is 0 Å². The van der Waals surface area contributed by atoms with Gasteiger partial charge < -0.3 is 24.8 Å². The van der Waals surface area contributed by atoms with Crippen molar-refractivity contribution in [2.75, 3.05) is 18.5 Å². The van der Waals surface area contributed by atoms with E-state index in [4.69, 9.17) is 14.2 Å². The van der Waals surface area contributed by atoms with Crippen LogP contribution in [0.15, 0.2) is 78.9 Å². The van der Waals surface area contributed by atoms with E-state index in [0.29, 0.717) is 11.4 Å². The molecule has 0 unspecified atom stereocenters. The van der Waals surface area contributed by atoms with E-state index >= 15 is 0 Å². The second-order valence-electron chi connectivity index (χ2n) is 8.03. The number of ether oxygens (including phenoxy) is 3. The molecule has 36 heavy (non-hydrogen) atoms. The molecule has 1 heterocycles. The summed E-state index contributed by atoms with van der Waals surface area (Å²) in [7, 11) is 0. The van der Waals surface area contributed by atoms with Crippen LogP contribution in [0.2, 0.25) is 0 Å². The molecular weight excluding hydrogens is 464 g/mol. The summed E-state index contributed by atoms with van der Waals surface area (Å²) >= 11 is 0. The maximum atomic E-state index is 12.8. The molecule has 2 N–H and O–H groups in total. The van der Waals surface area contributed by atoms with E-state index in [9.17, 15) is 19.2 Å². The number of carbonyl (C=O) groups excluding carboxylic acids is 4. The molecule has 0 saturated heterocycles. The van der Waals surface area contributed by atoms with E-state index in [0.717, 1.165) is 11.1 Å².